The lowest BCUT2D eigenvalue weighted by molar-refractivity contribution is -0.153. The molecular formula is C72H108N8O18S2. The SMILES string of the molecule is CCC(C)[C@H](CC(=O)C1CCCCN1C)C(=O)N(C)[C@H](C[C@@H](OC(=O)CCC(=O)CCCNC(=O)C(CCCCCC(=O)COCCCC(=O)CC(=O)O)NC(=O)C(C)NC(=O)CCCN1C(=O)CC(SC)C1=O)c1nc(C(=O)N[C@@H](Cc2ccc(C)cc2)CC(C)OC=O)cs1)C(C)C. The summed E-state index contributed by atoms with van der Waals surface area (Å²) >= 11 is 2.38. The molecule has 10 atom stereocenters. The molecule has 6 unspecified atom stereocenters. The van der Waals surface area contributed by atoms with Crippen LogP contribution in [-0.2, 0) is 83.0 Å². The number of aromatic nitrogens is 1. The van der Waals surface area contributed by atoms with Gasteiger partial charge in [0, 0.05) is 108 Å². The first-order chi connectivity index (χ1) is 47.5. The van der Waals surface area contributed by atoms with Gasteiger partial charge in [-0.3, -0.25) is 76.9 Å². The molecule has 100 heavy (non-hydrogen) atoms. The number of Topliss-reactive ketones (excluding diaryl/α,β-unsaturated/α-hetero) is 4. The predicted molar refractivity (Wildman–Crippen MR) is 376 cm³/mol. The molecule has 2 aliphatic heterocycles. The number of likely N-dealkylation sites (N-methyl/N-ethyl adjacent to an activating group) is 1. The Morgan fingerprint density at radius 3 is 2.20 bits per heavy atom. The van der Waals surface area contributed by atoms with E-state index < -0.39 is 95.3 Å². The fraction of sp³-hybridized carbons (Fsp3) is 0.681. The first-order valence-electron chi connectivity index (χ1n) is 35.2. The summed E-state index contributed by atoms with van der Waals surface area (Å²) in [5, 5.41) is 21.3. The van der Waals surface area contributed by atoms with Crippen LogP contribution in [0.3, 0.4) is 0 Å². The minimum absolute atomic E-state index is 0.00238. The fourth-order valence-electron chi connectivity index (χ4n) is 12.3. The minimum Gasteiger partial charge on any atom is -0.481 e. The molecule has 0 spiro atoms. The van der Waals surface area contributed by atoms with Crippen LogP contribution in [0.1, 0.15) is 216 Å². The Morgan fingerprint density at radius 1 is 0.830 bits per heavy atom. The summed E-state index contributed by atoms with van der Waals surface area (Å²) in [5.41, 5.74) is 2.05. The summed E-state index contributed by atoms with van der Waals surface area (Å²) in [6.07, 6.45) is 5.28. The number of thioether (sulfide) groups is 1. The largest absolute Gasteiger partial charge is 0.481 e. The predicted octanol–water partition coefficient (Wildman–Crippen LogP) is 7.17. The Morgan fingerprint density at radius 2 is 1.54 bits per heavy atom. The smallest absolute Gasteiger partial charge is 0.310 e. The average molecular weight is 1440 g/mol. The molecule has 28 heteroatoms. The molecule has 3 heterocycles. The van der Waals surface area contributed by atoms with Gasteiger partial charge >= 0.3 is 11.9 Å². The highest BCUT2D eigenvalue weighted by molar-refractivity contribution is 8.00. The number of rotatable bonds is 50. The van der Waals surface area contributed by atoms with Crippen LogP contribution in [0, 0.1) is 24.7 Å². The van der Waals surface area contributed by atoms with Gasteiger partial charge in [0.25, 0.3) is 12.4 Å². The van der Waals surface area contributed by atoms with Crippen LogP contribution in [0.25, 0.3) is 0 Å². The molecule has 0 radical (unpaired) electrons. The van der Waals surface area contributed by atoms with E-state index in [1.54, 1.807) is 30.5 Å². The molecule has 556 valence electrons. The number of hydrogen-bond acceptors (Lipinski definition) is 21. The molecule has 1 aromatic heterocycles. The van der Waals surface area contributed by atoms with Crippen molar-refractivity contribution < 1.29 is 86.4 Å². The number of unbranched alkanes of at least 4 members (excludes halogenated alkanes) is 2. The van der Waals surface area contributed by atoms with Gasteiger partial charge in [-0.05, 0) is 109 Å². The van der Waals surface area contributed by atoms with Crippen molar-refractivity contribution in [1.29, 1.82) is 0 Å². The number of carbonyl (C=O) groups is 14. The van der Waals surface area contributed by atoms with Crippen molar-refractivity contribution in [2.24, 2.45) is 17.8 Å². The molecule has 2 fully saturated rings. The molecule has 0 aliphatic carbocycles. The number of ether oxygens (including phenoxy) is 3. The lowest BCUT2D eigenvalue weighted by Gasteiger charge is -2.37. The monoisotopic (exact) mass is 1440 g/mol. The van der Waals surface area contributed by atoms with E-state index in [0.717, 1.165) is 53.2 Å². The number of esters is 1. The number of hydrogen-bond donors (Lipinski definition) is 5. The van der Waals surface area contributed by atoms with Gasteiger partial charge in [-0.15, -0.1) is 11.3 Å². The first-order valence-corrected chi connectivity index (χ1v) is 37.4. The Bertz CT molecular complexity index is 3070. The Balaban J connectivity index is 1.44. The topological polar surface area (TPSA) is 358 Å². The number of piperidine rings is 1. The van der Waals surface area contributed by atoms with Gasteiger partial charge in [0.2, 0.25) is 35.4 Å². The number of amides is 7. The molecule has 4 rings (SSSR count). The van der Waals surface area contributed by atoms with E-state index in [1.165, 1.54) is 18.7 Å². The Kier molecular flexibility index (Phi) is 38.2. The third kappa shape index (κ3) is 30.1. The van der Waals surface area contributed by atoms with Crippen molar-refractivity contribution in [3.8, 4) is 0 Å². The summed E-state index contributed by atoms with van der Waals surface area (Å²) in [4.78, 5) is 191. The number of ketones is 4. The number of thiazole rings is 1. The van der Waals surface area contributed by atoms with Crippen LogP contribution < -0.4 is 21.3 Å². The van der Waals surface area contributed by atoms with Gasteiger partial charge in [0.15, 0.2) is 17.7 Å². The van der Waals surface area contributed by atoms with E-state index in [4.69, 9.17) is 24.3 Å². The first kappa shape index (κ1) is 85.1. The standard InChI is InChI=1S/C72H108N8O18S2/c1-11-47(5)55(39-60(85)58-24-15-16-33-78(58)8)71(94)79(9)59(45(2)3)40-61(70-77-57(43-100-70)69(93)75-51(36-48(6)97-44-81)37-50-28-26-46(4)27-29-50)98-66(90)31-30-52(82)21-17-32-73-68(92)56(23-14-12-13-20-54(84)42-96-35-19-22-53(83)38-65(88)89)76-67(91)49(7)74-63(86)25-18-34-80-64(87)41-62(99-10)72(80)95/h26-29,43-45,47-49,51,55-56,58-59,61-62H,11-25,30-42H2,1-10H3,(H,73,92)(H,74,86)(H,75,93)(H,76,91)(H,88,89)/t47?,48?,49?,51-,55+,56?,58?,59-,61-,62?/m1/s1. The maximum absolute atomic E-state index is 14.8. The van der Waals surface area contributed by atoms with Crippen molar-refractivity contribution in [3.05, 3.63) is 51.5 Å². The summed E-state index contributed by atoms with van der Waals surface area (Å²) in [6.45, 7) is 14.1. The highest BCUT2D eigenvalue weighted by atomic mass is 32.2. The minimum atomic E-state index is -1.22. The lowest BCUT2D eigenvalue weighted by atomic mass is 9.83. The van der Waals surface area contributed by atoms with Gasteiger partial charge in [0.05, 0.1) is 17.7 Å². The van der Waals surface area contributed by atoms with Crippen molar-refractivity contribution in [3.63, 3.8) is 0 Å². The zero-order chi connectivity index (χ0) is 74.0. The van der Waals surface area contributed by atoms with E-state index in [-0.39, 0.29) is 173 Å². The number of carbonyl (C=O) groups excluding carboxylic acids is 13. The number of nitrogens with one attached hydrogen (secondary N) is 4. The normalized spacial score (nSPS) is 17.2. The van der Waals surface area contributed by atoms with Gasteiger partial charge < -0.3 is 45.5 Å². The van der Waals surface area contributed by atoms with Gasteiger partial charge in [0.1, 0.15) is 53.5 Å². The zero-order valence-electron chi connectivity index (χ0n) is 60.1. The molecule has 2 aromatic rings. The van der Waals surface area contributed by atoms with Gasteiger partial charge in [-0.2, -0.15) is 11.8 Å². The molecule has 1 aromatic carbocycles. The van der Waals surface area contributed by atoms with Crippen LogP contribution >= 0.6 is 23.1 Å². The summed E-state index contributed by atoms with van der Waals surface area (Å²) in [6, 6.07) is 4.35. The number of aryl methyl sites for hydroxylation is 1. The zero-order valence-corrected chi connectivity index (χ0v) is 61.7. The van der Waals surface area contributed by atoms with Crippen molar-refractivity contribution in [2.75, 3.05) is 53.2 Å². The second kappa shape index (κ2) is 44.8. The second-order valence-electron chi connectivity index (χ2n) is 26.9. The Labute approximate surface area is 596 Å². The number of likely N-dealkylation sites (tertiary alicyclic amines) is 2. The van der Waals surface area contributed by atoms with Crippen LogP contribution in [-0.4, -0.2) is 202 Å². The molecule has 2 aliphatic rings. The number of nitrogens with zero attached hydrogens (tertiary/aromatic N) is 4. The van der Waals surface area contributed by atoms with Crippen molar-refractivity contribution >= 4 is 106 Å². The van der Waals surface area contributed by atoms with Gasteiger partial charge in [-0.1, -0.05) is 83.2 Å². The summed E-state index contributed by atoms with van der Waals surface area (Å²) in [5.74, 6) is -6.94. The van der Waals surface area contributed by atoms with Crippen LogP contribution in [0.2, 0.25) is 0 Å². The van der Waals surface area contributed by atoms with E-state index in [2.05, 4.69) is 26.2 Å². The van der Waals surface area contributed by atoms with Crippen LogP contribution in [0.4, 0.5) is 0 Å². The van der Waals surface area contributed by atoms with Crippen molar-refractivity contribution in [1.82, 2.24) is 41.0 Å². The lowest BCUT2D eigenvalue weighted by Crippen LogP contribution is -2.53. The number of carboxylic acid groups (broad SMARTS) is 1. The summed E-state index contributed by atoms with van der Waals surface area (Å²) < 4.78 is 16.8. The van der Waals surface area contributed by atoms with E-state index in [0.29, 0.717) is 45.0 Å². The Hall–Kier alpha value is -7.30. The molecule has 7 amide bonds. The van der Waals surface area contributed by atoms with Crippen LogP contribution in [0.15, 0.2) is 29.6 Å². The van der Waals surface area contributed by atoms with Crippen LogP contribution in [0.5, 0.6) is 0 Å². The van der Waals surface area contributed by atoms with E-state index in [1.807, 2.05) is 65.9 Å². The number of benzene rings is 1. The highest BCUT2D eigenvalue weighted by Crippen LogP contribution is 2.34. The third-order valence-electron chi connectivity index (χ3n) is 18.4. The fourth-order valence-corrected chi connectivity index (χ4v) is 13.8. The maximum atomic E-state index is 14.8. The van der Waals surface area contributed by atoms with Crippen molar-refractivity contribution in [2.45, 2.75) is 244 Å². The van der Waals surface area contributed by atoms with Gasteiger partial charge in [-0.25, -0.2) is 4.98 Å². The number of imide groups is 1. The molecule has 2 saturated heterocycles. The third-order valence-corrected chi connectivity index (χ3v) is 20.3. The number of aliphatic carboxylic acids is 1. The molecular weight excluding hydrogens is 1330 g/mol. The summed E-state index contributed by atoms with van der Waals surface area (Å²) in [7, 11) is 3.63. The number of carboxylic acids is 1. The quantitative estimate of drug-likeness (QED) is 0.0144. The molecule has 0 saturated carbocycles. The van der Waals surface area contributed by atoms with E-state index >= 15 is 0 Å². The second-order valence-corrected chi connectivity index (χ2v) is 28.9. The maximum Gasteiger partial charge on any atom is 0.310 e. The average Bonchev–Trinajstić information content (AvgIpc) is 1.59. The molecule has 0 bridgehead atoms. The highest BCUT2D eigenvalue weighted by Gasteiger charge is 2.40. The molecule has 5 N–H and O–H groups in total. The van der Waals surface area contributed by atoms with E-state index in [9.17, 15) is 67.1 Å². The molecule has 26 nitrogen and oxygen atoms in total.